The highest BCUT2D eigenvalue weighted by atomic mass is 32.3. The summed E-state index contributed by atoms with van der Waals surface area (Å²) < 4.78 is 23.1. The zero-order chi connectivity index (χ0) is 36.6. The van der Waals surface area contributed by atoms with Gasteiger partial charge in [-0.3, -0.25) is 9.59 Å². The summed E-state index contributed by atoms with van der Waals surface area (Å²) >= 11 is 34.3. The topological polar surface area (TPSA) is 52.6 Å². The number of ether oxygens (including phenoxy) is 2. The van der Waals surface area contributed by atoms with Gasteiger partial charge < -0.3 is 9.47 Å². The van der Waals surface area contributed by atoms with Crippen LogP contribution in [0.25, 0.3) is 0 Å². The molecule has 0 aromatic heterocycles. The highest BCUT2D eigenvalue weighted by Gasteiger charge is 2.26. The molecule has 4 heterocycles. The fourth-order valence-electron chi connectivity index (χ4n) is 3.68. The van der Waals surface area contributed by atoms with Crippen LogP contribution in [-0.2, 0) is 19.1 Å². The molecule has 280 valence electrons. The van der Waals surface area contributed by atoms with Crippen LogP contribution in [0, 0.1) is 0 Å². The van der Waals surface area contributed by atoms with Crippen LogP contribution in [0.2, 0.25) is 0 Å². The third-order valence-electron chi connectivity index (χ3n) is 5.86. The largest absolute Gasteiger partial charge is 0.466 e. The second-order valence-corrected chi connectivity index (χ2v) is 27.3. The van der Waals surface area contributed by atoms with Gasteiger partial charge in [0.25, 0.3) is 0 Å². The van der Waals surface area contributed by atoms with E-state index in [0.717, 1.165) is 16.6 Å². The predicted octanol–water partition coefficient (Wildman–Crippen LogP) is 14.2. The molecule has 0 saturated carbocycles. The number of carbonyl (C=O) groups is 2. The Kier molecular flexibility index (Phi) is 23.3. The van der Waals surface area contributed by atoms with Gasteiger partial charge in [-0.2, -0.15) is 25.3 Å². The molecule has 0 radical (unpaired) electrons. The standard InChI is InChI=1S/C31H36O4S16/c1-5-34-20(32)11-13-40-28-30(50-24(48-28)8-7-22-44-18(15-36)19(16-37)45-22)42-17-43-31-29(41-14-12-21(33)35-6-2)49-25(51-31)10-9-23-46-26(38-3)27(39-4)47-23/h7-10,36-37H,5-6,11-17H2,1-4H3. The minimum atomic E-state index is -0.153. The van der Waals surface area contributed by atoms with Gasteiger partial charge in [0.1, 0.15) is 0 Å². The van der Waals surface area contributed by atoms with Crippen LogP contribution in [0.4, 0.5) is 0 Å². The molecule has 0 aromatic carbocycles. The Morgan fingerprint density at radius 2 is 0.882 bits per heavy atom. The fourth-order valence-corrected chi connectivity index (χ4v) is 23.6. The predicted molar refractivity (Wildman–Crippen MR) is 263 cm³/mol. The molecular weight excluding hydrogens is 949 g/mol. The maximum atomic E-state index is 12.1. The molecule has 51 heavy (non-hydrogen) atoms. The van der Waals surface area contributed by atoms with Gasteiger partial charge in [0.05, 0.1) is 64.2 Å². The van der Waals surface area contributed by atoms with Gasteiger partial charge in [-0.1, -0.05) is 94.1 Å². The Morgan fingerprint density at radius 1 is 0.549 bits per heavy atom. The monoisotopic (exact) mass is 984 g/mol. The van der Waals surface area contributed by atoms with E-state index >= 15 is 0 Å². The minimum absolute atomic E-state index is 0.149. The van der Waals surface area contributed by atoms with E-state index in [0.29, 0.717) is 37.6 Å². The Balaban J connectivity index is 1.42. The average Bonchev–Trinajstić information content (AvgIpc) is 3.91. The first-order valence-corrected chi connectivity index (χ1v) is 29.3. The SMILES string of the molecule is CCOC(=O)CCSC1=C(SCSC2=C(SCCC(=O)OCC)SC(=CC=C3SC(SC)=C(SC)S3)S2)SC(=CC=C2SC(CS)=C(CS)S2)S1. The van der Waals surface area contributed by atoms with Crippen LogP contribution in [0.5, 0.6) is 0 Å². The van der Waals surface area contributed by atoms with Crippen LogP contribution >= 0.6 is 190 Å². The van der Waals surface area contributed by atoms with Gasteiger partial charge in [0.2, 0.25) is 0 Å². The van der Waals surface area contributed by atoms with Gasteiger partial charge in [-0.05, 0) is 50.7 Å². The lowest BCUT2D eigenvalue weighted by Crippen LogP contribution is -2.04. The van der Waals surface area contributed by atoms with Crippen molar-refractivity contribution in [1.29, 1.82) is 0 Å². The molecule has 4 aliphatic rings. The van der Waals surface area contributed by atoms with Crippen LogP contribution in [-0.4, -0.2) is 65.8 Å². The first-order chi connectivity index (χ1) is 24.8. The minimum Gasteiger partial charge on any atom is -0.466 e. The molecule has 0 bridgehead atoms. The summed E-state index contributed by atoms with van der Waals surface area (Å²) in [5.74, 6) is 2.54. The molecule has 0 amide bonds. The number of thiol groups is 2. The fraction of sp³-hybridized carbons (Fsp3) is 0.419. The number of hydrogen-bond acceptors (Lipinski definition) is 20. The van der Waals surface area contributed by atoms with Gasteiger partial charge in [0, 0.05) is 42.1 Å². The van der Waals surface area contributed by atoms with E-state index in [9.17, 15) is 9.59 Å². The lowest BCUT2D eigenvalue weighted by molar-refractivity contribution is -0.143. The summed E-state index contributed by atoms with van der Waals surface area (Å²) in [5.41, 5.74) is 0. The highest BCUT2D eigenvalue weighted by molar-refractivity contribution is 8.44. The summed E-state index contributed by atoms with van der Waals surface area (Å²) in [6, 6.07) is 0. The van der Waals surface area contributed by atoms with E-state index in [4.69, 9.17) is 9.47 Å². The van der Waals surface area contributed by atoms with E-state index in [1.54, 1.807) is 70.6 Å². The van der Waals surface area contributed by atoms with Gasteiger partial charge in [0.15, 0.2) is 0 Å². The smallest absolute Gasteiger partial charge is 0.306 e. The van der Waals surface area contributed by atoms with E-state index in [-0.39, 0.29) is 11.9 Å². The van der Waals surface area contributed by atoms with Crippen molar-refractivity contribution < 1.29 is 19.1 Å². The Morgan fingerprint density at radius 3 is 1.22 bits per heavy atom. The Hall–Kier alpha value is 2.46. The third kappa shape index (κ3) is 15.6. The quantitative estimate of drug-likeness (QED) is 0.0691. The highest BCUT2D eigenvalue weighted by Crippen LogP contribution is 2.62. The molecule has 0 aromatic rings. The lowest BCUT2D eigenvalue weighted by Gasteiger charge is -2.07. The molecule has 0 saturated heterocycles. The van der Waals surface area contributed by atoms with Crippen molar-refractivity contribution in [3.8, 4) is 0 Å². The zero-order valence-electron chi connectivity index (χ0n) is 27.9. The molecule has 20 heteroatoms. The van der Waals surface area contributed by atoms with Crippen molar-refractivity contribution in [2.75, 3.05) is 53.8 Å². The maximum Gasteiger partial charge on any atom is 0.306 e. The molecule has 4 aliphatic heterocycles. The molecule has 4 nitrogen and oxygen atoms in total. The normalized spacial score (nSPS) is 19.6. The lowest BCUT2D eigenvalue weighted by atomic mass is 10.5. The second kappa shape index (κ2) is 25.7. The molecule has 0 unspecified atom stereocenters. The average molecular weight is 986 g/mol. The number of allylic oxidation sites excluding steroid dienone is 4. The summed E-state index contributed by atoms with van der Waals surface area (Å²) in [6.07, 6.45) is 14.0. The number of thioether (sulfide) groups is 14. The van der Waals surface area contributed by atoms with Crippen molar-refractivity contribution in [1.82, 2.24) is 0 Å². The van der Waals surface area contributed by atoms with Crippen LogP contribution in [0.1, 0.15) is 26.7 Å². The van der Waals surface area contributed by atoms with Crippen LogP contribution in [0.3, 0.4) is 0 Å². The molecule has 0 N–H and O–H groups in total. The molecular formula is C31H36O4S16. The summed E-state index contributed by atoms with van der Waals surface area (Å²) in [6.45, 7) is 4.50. The summed E-state index contributed by atoms with van der Waals surface area (Å²) in [5, 5.41) is 0.856. The van der Waals surface area contributed by atoms with Gasteiger partial charge in [-0.25, -0.2) is 0 Å². The van der Waals surface area contributed by atoms with Crippen LogP contribution < -0.4 is 0 Å². The third-order valence-corrected chi connectivity index (χ3v) is 25.6. The van der Waals surface area contributed by atoms with E-state index in [1.807, 2.05) is 108 Å². The maximum absolute atomic E-state index is 12.1. The number of rotatable bonds is 20. The zero-order valence-corrected chi connectivity index (χ0v) is 41.1. The number of carbonyl (C=O) groups excluding carboxylic acids is 2. The van der Waals surface area contributed by atoms with Gasteiger partial charge in [-0.15, -0.1) is 70.6 Å². The van der Waals surface area contributed by atoms with E-state index < -0.39 is 0 Å². The molecule has 0 spiro atoms. The van der Waals surface area contributed by atoms with Crippen molar-refractivity contribution in [2.45, 2.75) is 26.7 Å². The van der Waals surface area contributed by atoms with Crippen molar-refractivity contribution >= 4 is 202 Å². The summed E-state index contributed by atoms with van der Waals surface area (Å²) in [7, 11) is 0. The molecule has 0 atom stereocenters. The Bertz CT molecular complexity index is 1390. The van der Waals surface area contributed by atoms with Crippen molar-refractivity contribution in [3.05, 3.63) is 76.5 Å². The summed E-state index contributed by atoms with van der Waals surface area (Å²) in [4.78, 5) is 26.7. The molecule has 0 aliphatic carbocycles. The first kappa shape index (κ1) is 46.2. The van der Waals surface area contributed by atoms with E-state index in [2.05, 4.69) is 62.1 Å². The Labute approximate surface area is 373 Å². The first-order valence-electron chi connectivity index (χ1n) is 15.1. The van der Waals surface area contributed by atoms with Crippen molar-refractivity contribution in [2.24, 2.45) is 0 Å². The van der Waals surface area contributed by atoms with Crippen LogP contribution in [0.15, 0.2) is 76.5 Å². The number of hydrogen-bond donors (Lipinski definition) is 2. The molecule has 0 fully saturated rings. The van der Waals surface area contributed by atoms with E-state index in [1.165, 1.54) is 52.2 Å². The number of esters is 2. The second-order valence-electron chi connectivity index (χ2n) is 9.27. The van der Waals surface area contributed by atoms with Gasteiger partial charge >= 0.3 is 11.9 Å². The van der Waals surface area contributed by atoms with Crippen molar-refractivity contribution in [3.63, 3.8) is 0 Å². The molecule has 4 rings (SSSR count).